The first-order chi connectivity index (χ1) is 13.5. The van der Waals surface area contributed by atoms with E-state index in [1.54, 1.807) is 12.1 Å². The molecule has 0 atom stereocenters. The number of hydrazine groups is 1. The first-order valence-electron chi connectivity index (χ1n) is 9.02. The van der Waals surface area contributed by atoms with Gasteiger partial charge in [-0.3, -0.25) is 5.84 Å². The number of nitrogens with two attached hydrogens (primary N) is 2. The minimum absolute atomic E-state index is 0.327. The smallest absolute Gasteiger partial charge is 0.358 e. The fourth-order valence-corrected chi connectivity index (χ4v) is 3.49. The van der Waals surface area contributed by atoms with E-state index in [2.05, 4.69) is 11.0 Å². The maximum absolute atomic E-state index is 11.0. The molecule has 0 radical (unpaired) electrons. The quantitative estimate of drug-likeness (QED) is 0.254. The number of ether oxygens (including phenoxy) is 1. The Labute approximate surface area is 168 Å². The van der Waals surface area contributed by atoms with Crippen molar-refractivity contribution in [3.8, 4) is 16.9 Å². The largest absolute Gasteiger partial charge is 0.476 e. The Kier molecular flexibility index (Phi) is 6.28. The summed E-state index contributed by atoms with van der Waals surface area (Å²) in [6.07, 6.45) is 3.70. The van der Waals surface area contributed by atoms with Crippen molar-refractivity contribution in [1.82, 2.24) is 5.43 Å². The van der Waals surface area contributed by atoms with Crippen molar-refractivity contribution >= 4 is 23.3 Å². The lowest BCUT2D eigenvalue weighted by Gasteiger charge is -2.29. The van der Waals surface area contributed by atoms with E-state index in [0.717, 1.165) is 29.9 Å². The molecule has 0 unspecified atom stereocenters. The Balaban J connectivity index is 1.77. The molecule has 0 aromatic heterocycles. The molecule has 3 rings (SSSR count). The molecule has 2 aromatic carbocycles. The van der Waals surface area contributed by atoms with Gasteiger partial charge in [0.05, 0.1) is 5.02 Å². The van der Waals surface area contributed by atoms with Gasteiger partial charge >= 0.3 is 5.97 Å². The molecular weight excluding hydrogens is 380 g/mol. The average molecular weight is 403 g/mol. The number of carbonyl (C=O) groups is 1. The van der Waals surface area contributed by atoms with Crippen molar-refractivity contribution in [1.29, 1.82) is 0 Å². The molecular formula is C20H23ClN4O3. The molecule has 1 aliphatic heterocycles. The van der Waals surface area contributed by atoms with Crippen molar-refractivity contribution in [2.45, 2.75) is 19.3 Å². The van der Waals surface area contributed by atoms with Gasteiger partial charge in [-0.2, -0.15) is 0 Å². The monoisotopic (exact) mass is 402 g/mol. The number of carboxylic acids is 1. The third kappa shape index (κ3) is 4.49. The van der Waals surface area contributed by atoms with Gasteiger partial charge in [0.2, 0.25) is 5.88 Å². The third-order valence-electron chi connectivity index (χ3n) is 4.67. The van der Waals surface area contributed by atoms with Crippen molar-refractivity contribution < 1.29 is 14.6 Å². The summed E-state index contributed by atoms with van der Waals surface area (Å²) in [6.45, 7) is 2.12. The molecule has 148 valence electrons. The van der Waals surface area contributed by atoms with E-state index in [1.807, 2.05) is 29.7 Å². The van der Waals surface area contributed by atoms with Crippen molar-refractivity contribution in [2.75, 3.05) is 18.0 Å². The molecule has 0 amide bonds. The Morgan fingerprint density at radius 3 is 2.36 bits per heavy atom. The second-order valence-corrected chi connectivity index (χ2v) is 6.93. The highest BCUT2D eigenvalue weighted by atomic mass is 35.5. The van der Waals surface area contributed by atoms with Crippen LogP contribution in [0.4, 0.5) is 5.69 Å². The van der Waals surface area contributed by atoms with E-state index < -0.39 is 11.7 Å². The maximum Gasteiger partial charge on any atom is 0.358 e. The van der Waals surface area contributed by atoms with Gasteiger partial charge < -0.3 is 25.9 Å². The van der Waals surface area contributed by atoms with Crippen LogP contribution < -0.4 is 26.6 Å². The number of anilines is 1. The summed E-state index contributed by atoms with van der Waals surface area (Å²) in [5, 5.41) is 9.66. The van der Waals surface area contributed by atoms with Crippen LogP contribution in [0.3, 0.4) is 0 Å². The second kappa shape index (κ2) is 8.86. The van der Waals surface area contributed by atoms with Crippen molar-refractivity contribution in [3.63, 3.8) is 0 Å². The van der Waals surface area contributed by atoms with Gasteiger partial charge in [-0.15, -0.1) is 0 Å². The number of nitrogens with one attached hydrogen (secondary N) is 1. The van der Waals surface area contributed by atoms with Crippen LogP contribution in [-0.2, 0) is 4.79 Å². The number of benzene rings is 2. The van der Waals surface area contributed by atoms with Gasteiger partial charge in [-0.25, -0.2) is 4.79 Å². The fraction of sp³-hybridized carbons (Fsp3) is 0.250. The number of rotatable bonds is 6. The number of hydrogen-bond acceptors (Lipinski definition) is 6. The molecule has 0 aliphatic carbocycles. The average Bonchev–Trinajstić information content (AvgIpc) is 2.69. The maximum atomic E-state index is 11.0. The standard InChI is InChI=1S/C20H23ClN4O3/c21-17-12-14(25-10-2-1-3-11-25)6-9-16(17)13-4-7-15(8-5-13)28-19(22)18(24-23)20(26)27/h4-9,12,24H,1-3,10-11,22-23H2,(H,26,27)/b19-18+. The summed E-state index contributed by atoms with van der Waals surface area (Å²) in [5.41, 5.74) is 10.2. The van der Waals surface area contributed by atoms with Crippen LogP contribution in [0.25, 0.3) is 11.1 Å². The minimum Gasteiger partial charge on any atom is -0.476 e. The number of aliphatic carboxylic acids is 1. The number of nitrogens with zero attached hydrogens (tertiary/aromatic N) is 1. The molecule has 8 heteroatoms. The first-order valence-corrected chi connectivity index (χ1v) is 9.40. The lowest BCUT2D eigenvalue weighted by molar-refractivity contribution is -0.133. The highest BCUT2D eigenvalue weighted by molar-refractivity contribution is 6.33. The van der Waals surface area contributed by atoms with Crippen LogP contribution in [0.5, 0.6) is 5.75 Å². The molecule has 1 aliphatic rings. The van der Waals surface area contributed by atoms with E-state index >= 15 is 0 Å². The molecule has 2 aromatic rings. The van der Waals surface area contributed by atoms with Gasteiger partial charge in [0.25, 0.3) is 0 Å². The van der Waals surface area contributed by atoms with Crippen LogP contribution in [0.15, 0.2) is 54.0 Å². The van der Waals surface area contributed by atoms with Crippen LogP contribution >= 0.6 is 11.6 Å². The van der Waals surface area contributed by atoms with E-state index in [9.17, 15) is 4.79 Å². The van der Waals surface area contributed by atoms with Crippen LogP contribution in [-0.4, -0.2) is 24.2 Å². The molecule has 28 heavy (non-hydrogen) atoms. The Morgan fingerprint density at radius 1 is 1.11 bits per heavy atom. The normalized spacial score (nSPS) is 15.0. The first kappa shape index (κ1) is 19.9. The fourth-order valence-electron chi connectivity index (χ4n) is 3.21. The Bertz CT molecular complexity index is 878. The topological polar surface area (TPSA) is 114 Å². The molecule has 1 saturated heterocycles. The minimum atomic E-state index is -1.31. The molecule has 0 saturated carbocycles. The van der Waals surface area contributed by atoms with Gasteiger partial charge in [0, 0.05) is 24.3 Å². The number of halogens is 1. The zero-order valence-corrected chi connectivity index (χ0v) is 16.1. The highest BCUT2D eigenvalue weighted by Crippen LogP contribution is 2.33. The van der Waals surface area contributed by atoms with E-state index in [0.29, 0.717) is 10.8 Å². The van der Waals surface area contributed by atoms with E-state index in [4.69, 9.17) is 33.0 Å². The molecule has 7 nitrogen and oxygen atoms in total. The van der Waals surface area contributed by atoms with Crippen LogP contribution in [0.2, 0.25) is 5.02 Å². The molecule has 1 fully saturated rings. The summed E-state index contributed by atoms with van der Waals surface area (Å²) in [5.74, 6) is 3.89. The van der Waals surface area contributed by atoms with Crippen molar-refractivity contribution in [2.24, 2.45) is 11.6 Å². The Hall–Kier alpha value is -2.90. The summed E-state index contributed by atoms with van der Waals surface area (Å²) < 4.78 is 5.34. The van der Waals surface area contributed by atoms with E-state index in [1.165, 1.54) is 19.3 Å². The second-order valence-electron chi connectivity index (χ2n) is 6.53. The van der Waals surface area contributed by atoms with Gasteiger partial charge in [0.15, 0.2) is 5.70 Å². The van der Waals surface area contributed by atoms with Crippen LogP contribution in [0, 0.1) is 0 Å². The summed E-state index contributed by atoms with van der Waals surface area (Å²) in [6, 6.07) is 13.1. The summed E-state index contributed by atoms with van der Waals surface area (Å²) >= 11 is 6.53. The lowest BCUT2D eigenvalue weighted by atomic mass is 10.0. The number of hydrogen-bond donors (Lipinski definition) is 4. The van der Waals surface area contributed by atoms with Crippen molar-refractivity contribution in [3.05, 3.63) is 59.1 Å². The van der Waals surface area contributed by atoms with Gasteiger partial charge in [0.1, 0.15) is 5.75 Å². The van der Waals surface area contributed by atoms with Gasteiger partial charge in [-0.1, -0.05) is 29.8 Å². The highest BCUT2D eigenvalue weighted by Gasteiger charge is 2.14. The zero-order chi connectivity index (χ0) is 20.1. The lowest BCUT2D eigenvalue weighted by Crippen LogP contribution is -2.31. The summed E-state index contributed by atoms with van der Waals surface area (Å²) in [4.78, 5) is 13.4. The number of piperidine rings is 1. The molecule has 0 bridgehead atoms. The van der Waals surface area contributed by atoms with Gasteiger partial charge in [-0.05, 0) is 49.1 Å². The molecule has 6 N–H and O–H groups in total. The number of carboxylic acid groups (broad SMARTS) is 1. The SMILES string of the molecule is NN/C(C(=O)O)=C(\N)Oc1ccc(-c2ccc(N3CCCCC3)cc2Cl)cc1. The predicted octanol–water partition coefficient (Wildman–Crippen LogP) is 3.05. The zero-order valence-electron chi connectivity index (χ0n) is 15.3. The van der Waals surface area contributed by atoms with Crippen LogP contribution in [0.1, 0.15) is 19.3 Å². The molecule has 1 heterocycles. The molecule has 0 spiro atoms. The summed E-state index contributed by atoms with van der Waals surface area (Å²) in [7, 11) is 0. The Morgan fingerprint density at radius 2 is 1.79 bits per heavy atom. The van der Waals surface area contributed by atoms with E-state index in [-0.39, 0.29) is 5.88 Å². The third-order valence-corrected chi connectivity index (χ3v) is 4.98. The predicted molar refractivity (Wildman–Crippen MR) is 110 cm³/mol.